The molecule has 0 saturated heterocycles. The summed E-state index contributed by atoms with van der Waals surface area (Å²) in [4.78, 5) is 14.9. The van der Waals surface area contributed by atoms with E-state index in [9.17, 15) is 9.18 Å². The molecule has 0 unspecified atom stereocenters. The molecule has 0 spiro atoms. The molecule has 0 aliphatic heterocycles. The molecule has 0 radical (unpaired) electrons. The number of hydrogen-bond acceptors (Lipinski definition) is 6. The van der Waals surface area contributed by atoms with Crippen LogP contribution in [0.4, 0.5) is 10.2 Å². The van der Waals surface area contributed by atoms with Crippen LogP contribution in [0.5, 0.6) is 0 Å². The third-order valence-electron chi connectivity index (χ3n) is 5.60. The Morgan fingerprint density at radius 2 is 1.71 bits per heavy atom. The number of hydrogen-bond donors (Lipinski definition) is 1. The first-order valence-electron chi connectivity index (χ1n) is 11.2. The maximum Gasteiger partial charge on any atom is 0.236 e. The smallest absolute Gasteiger partial charge is 0.236 e. The Morgan fingerprint density at radius 1 is 1.06 bits per heavy atom. The predicted octanol–water partition coefficient (Wildman–Crippen LogP) is 4.56. The molecular formula is C25H28FN7OS. The molecule has 35 heavy (non-hydrogen) atoms. The van der Waals surface area contributed by atoms with Crippen LogP contribution in [0.1, 0.15) is 30.0 Å². The standard InChI is InChI=1S/C25H28FN7OS/c1-16-6-10-21(11-7-16)33-22(14-17(2)30-33)27-23(34)15-35-25-29-28-24(18(3)31(4)5)32(25)20-12-8-19(26)9-13-20/h6-14,18H,15H2,1-5H3,(H,27,34)/t18-/m1/s1. The number of rotatable bonds is 8. The number of halogens is 1. The van der Waals surface area contributed by atoms with Gasteiger partial charge in [0.05, 0.1) is 23.2 Å². The summed E-state index contributed by atoms with van der Waals surface area (Å²) >= 11 is 1.27. The largest absolute Gasteiger partial charge is 0.310 e. The number of aromatic nitrogens is 5. The van der Waals surface area contributed by atoms with E-state index in [2.05, 4.69) is 20.6 Å². The molecule has 4 aromatic rings. The molecule has 2 aromatic carbocycles. The van der Waals surface area contributed by atoms with Crippen molar-refractivity contribution in [2.45, 2.75) is 32.0 Å². The van der Waals surface area contributed by atoms with E-state index in [1.165, 1.54) is 23.9 Å². The van der Waals surface area contributed by atoms with Crippen molar-refractivity contribution in [1.82, 2.24) is 29.4 Å². The molecular weight excluding hydrogens is 465 g/mol. The van der Waals surface area contributed by atoms with Crippen LogP contribution < -0.4 is 5.32 Å². The molecule has 4 rings (SSSR count). The molecule has 1 amide bonds. The zero-order valence-electron chi connectivity index (χ0n) is 20.4. The third-order valence-corrected chi connectivity index (χ3v) is 6.53. The van der Waals surface area contributed by atoms with E-state index in [1.54, 1.807) is 16.8 Å². The van der Waals surface area contributed by atoms with Crippen molar-refractivity contribution in [2.75, 3.05) is 25.2 Å². The fraction of sp³-hybridized carbons (Fsp3) is 0.280. The summed E-state index contributed by atoms with van der Waals surface area (Å²) in [6.07, 6.45) is 0. The highest BCUT2D eigenvalue weighted by Crippen LogP contribution is 2.27. The second-order valence-corrected chi connectivity index (χ2v) is 9.49. The van der Waals surface area contributed by atoms with Crippen molar-refractivity contribution >= 4 is 23.5 Å². The highest BCUT2D eigenvalue weighted by molar-refractivity contribution is 7.99. The molecule has 8 nitrogen and oxygen atoms in total. The lowest BCUT2D eigenvalue weighted by atomic mass is 10.2. The van der Waals surface area contributed by atoms with Crippen LogP contribution in [-0.4, -0.2) is 55.2 Å². The van der Waals surface area contributed by atoms with Crippen LogP contribution >= 0.6 is 11.8 Å². The molecule has 1 N–H and O–H groups in total. The number of anilines is 1. The molecule has 1 atom stereocenters. The van der Waals surface area contributed by atoms with Crippen LogP contribution in [0.25, 0.3) is 11.4 Å². The summed E-state index contributed by atoms with van der Waals surface area (Å²) in [6.45, 7) is 5.92. The molecule has 0 fully saturated rings. The van der Waals surface area contributed by atoms with Crippen molar-refractivity contribution in [1.29, 1.82) is 0 Å². The second-order valence-electron chi connectivity index (χ2n) is 8.55. The van der Waals surface area contributed by atoms with Gasteiger partial charge in [0.1, 0.15) is 11.6 Å². The fourth-order valence-corrected chi connectivity index (χ4v) is 4.25. The quantitative estimate of drug-likeness (QED) is 0.363. The van der Waals surface area contributed by atoms with E-state index in [0.717, 1.165) is 22.6 Å². The van der Waals surface area contributed by atoms with Crippen molar-refractivity contribution in [3.63, 3.8) is 0 Å². The first kappa shape index (κ1) is 24.6. The van der Waals surface area contributed by atoms with Crippen LogP contribution in [0.3, 0.4) is 0 Å². The van der Waals surface area contributed by atoms with Crippen molar-refractivity contribution in [3.05, 3.63) is 77.5 Å². The predicted molar refractivity (Wildman–Crippen MR) is 136 cm³/mol. The van der Waals surface area contributed by atoms with E-state index in [1.807, 2.05) is 74.7 Å². The first-order chi connectivity index (χ1) is 16.7. The van der Waals surface area contributed by atoms with Gasteiger partial charge in [0, 0.05) is 11.8 Å². The molecule has 2 aromatic heterocycles. The van der Waals surface area contributed by atoms with Crippen LogP contribution in [0.15, 0.2) is 59.8 Å². The number of amides is 1. The molecule has 2 heterocycles. The fourth-order valence-electron chi connectivity index (χ4n) is 3.49. The number of nitrogens with one attached hydrogen (secondary N) is 1. The number of thioether (sulfide) groups is 1. The Labute approximate surface area is 208 Å². The number of carbonyl (C=O) groups excluding carboxylic acids is 1. The normalized spacial score (nSPS) is 12.2. The van der Waals surface area contributed by atoms with Gasteiger partial charge in [-0.15, -0.1) is 10.2 Å². The van der Waals surface area contributed by atoms with Crippen LogP contribution in [0.2, 0.25) is 0 Å². The zero-order chi connectivity index (χ0) is 25.1. The van der Waals surface area contributed by atoms with Gasteiger partial charge in [-0.3, -0.25) is 14.3 Å². The Hall–Kier alpha value is -3.50. The van der Waals surface area contributed by atoms with Gasteiger partial charge in [0.15, 0.2) is 11.0 Å². The minimum Gasteiger partial charge on any atom is -0.310 e. The van der Waals surface area contributed by atoms with Crippen molar-refractivity contribution in [3.8, 4) is 11.4 Å². The SMILES string of the molecule is Cc1ccc(-n2nc(C)cc2NC(=O)CSc2nnc([C@@H](C)N(C)C)n2-c2ccc(F)cc2)cc1. The lowest BCUT2D eigenvalue weighted by molar-refractivity contribution is -0.113. The maximum absolute atomic E-state index is 13.5. The Morgan fingerprint density at radius 3 is 2.37 bits per heavy atom. The molecule has 10 heteroatoms. The van der Waals surface area contributed by atoms with Crippen molar-refractivity contribution < 1.29 is 9.18 Å². The Kier molecular flexibility index (Phi) is 7.32. The monoisotopic (exact) mass is 493 g/mol. The molecule has 0 bridgehead atoms. The summed E-state index contributed by atoms with van der Waals surface area (Å²) in [5.41, 5.74) is 3.54. The van der Waals surface area contributed by atoms with Crippen molar-refractivity contribution in [2.24, 2.45) is 0 Å². The minimum atomic E-state index is -0.321. The van der Waals surface area contributed by atoms with Gasteiger partial charge in [0.2, 0.25) is 5.91 Å². The van der Waals surface area contributed by atoms with Gasteiger partial charge in [0.25, 0.3) is 0 Å². The topological polar surface area (TPSA) is 80.9 Å². The lowest BCUT2D eigenvalue weighted by Crippen LogP contribution is -2.21. The van der Waals surface area contributed by atoms with E-state index in [0.29, 0.717) is 16.8 Å². The number of nitrogens with zero attached hydrogens (tertiary/aromatic N) is 6. The van der Waals surface area contributed by atoms with Gasteiger partial charge in [-0.25, -0.2) is 9.07 Å². The van der Waals surface area contributed by atoms with E-state index < -0.39 is 0 Å². The van der Waals surface area contributed by atoms with Gasteiger partial charge >= 0.3 is 0 Å². The van der Waals surface area contributed by atoms with E-state index >= 15 is 0 Å². The highest BCUT2D eigenvalue weighted by Gasteiger charge is 2.22. The summed E-state index contributed by atoms with van der Waals surface area (Å²) in [5, 5.41) is 16.7. The van der Waals surface area contributed by atoms with Gasteiger partial charge in [-0.1, -0.05) is 29.5 Å². The number of carbonyl (C=O) groups is 1. The molecule has 0 aliphatic rings. The molecule has 0 saturated carbocycles. The number of benzene rings is 2. The second kappa shape index (κ2) is 10.4. The summed E-state index contributed by atoms with van der Waals surface area (Å²) in [5.74, 6) is 0.905. The van der Waals surface area contributed by atoms with Crippen LogP contribution in [0, 0.1) is 19.7 Å². The summed E-state index contributed by atoms with van der Waals surface area (Å²) in [6, 6.07) is 15.9. The average molecular weight is 494 g/mol. The van der Waals surface area contributed by atoms with Gasteiger partial charge in [-0.2, -0.15) is 5.10 Å². The average Bonchev–Trinajstić information content (AvgIpc) is 3.41. The first-order valence-corrected chi connectivity index (χ1v) is 12.2. The summed E-state index contributed by atoms with van der Waals surface area (Å²) < 4.78 is 17.1. The molecule has 182 valence electrons. The van der Waals surface area contributed by atoms with Gasteiger partial charge < -0.3 is 5.32 Å². The van der Waals surface area contributed by atoms with Gasteiger partial charge in [-0.05, 0) is 71.3 Å². The van der Waals surface area contributed by atoms with E-state index in [-0.39, 0.29) is 23.5 Å². The van der Waals surface area contributed by atoms with Crippen LogP contribution in [-0.2, 0) is 4.79 Å². The zero-order valence-corrected chi connectivity index (χ0v) is 21.2. The molecule has 0 aliphatic carbocycles. The lowest BCUT2D eigenvalue weighted by Gasteiger charge is -2.20. The third kappa shape index (κ3) is 5.60. The maximum atomic E-state index is 13.5. The minimum absolute atomic E-state index is 0.0393. The van der Waals surface area contributed by atoms with E-state index in [4.69, 9.17) is 0 Å². The highest BCUT2D eigenvalue weighted by atomic mass is 32.2. The Bertz CT molecular complexity index is 1310. The number of aryl methyl sites for hydroxylation is 2. The Balaban J connectivity index is 1.54. The summed E-state index contributed by atoms with van der Waals surface area (Å²) in [7, 11) is 3.90.